The highest BCUT2D eigenvalue weighted by Crippen LogP contribution is 2.37. The van der Waals surface area contributed by atoms with Crippen molar-refractivity contribution in [3.63, 3.8) is 0 Å². The normalized spacial score (nSPS) is 19.4. The minimum Gasteiger partial charge on any atom is -0.489 e. The SMILES string of the molecule is CC1CN(C(=O)c2nc(-c3ccc(OC(F)F)c(OCC4CC4)c3)oc2[C@H](C)N)CC(=O)N1. The first-order chi connectivity index (χ1) is 15.7. The molecule has 1 unspecified atom stereocenters. The highest BCUT2D eigenvalue weighted by Gasteiger charge is 2.32. The fourth-order valence-electron chi connectivity index (χ4n) is 3.60. The zero-order valence-electron chi connectivity index (χ0n) is 18.3. The van der Waals surface area contributed by atoms with Crippen molar-refractivity contribution in [2.45, 2.75) is 45.4 Å². The molecule has 2 heterocycles. The number of amides is 2. The van der Waals surface area contributed by atoms with Crippen LogP contribution in [0.4, 0.5) is 8.78 Å². The minimum atomic E-state index is -3.00. The van der Waals surface area contributed by atoms with Crippen LogP contribution in [0.25, 0.3) is 11.5 Å². The molecule has 33 heavy (non-hydrogen) atoms. The number of nitrogens with two attached hydrogens (primary N) is 1. The second kappa shape index (κ2) is 9.34. The van der Waals surface area contributed by atoms with Crippen LogP contribution >= 0.6 is 0 Å². The van der Waals surface area contributed by atoms with Gasteiger partial charge in [0.15, 0.2) is 23.0 Å². The number of halogens is 2. The van der Waals surface area contributed by atoms with Crippen LogP contribution in [0.2, 0.25) is 0 Å². The Kier molecular flexibility index (Phi) is 6.50. The predicted octanol–water partition coefficient (Wildman–Crippen LogP) is 2.71. The number of aromatic nitrogens is 1. The molecule has 2 fully saturated rings. The highest BCUT2D eigenvalue weighted by molar-refractivity contribution is 5.97. The van der Waals surface area contributed by atoms with E-state index in [1.165, 1.54) is 23.1 Å². The van der Waals surface area contributed by atoms with Gasteiger partial charge in [-0.25, -0.2) is 4.98 Å². The number of piperazine rings is 1. The summed E-state index contributed by atoms with van der Waals surface area (Å²) in [7, 11) is 0. The summed E-state index contributed by atoms with van der Waals surface area (Å²) in [4.78, 5) is 30.7. The van der Waals surface area contributed by atoms with Crippen LogP contribution in [-0.4, -0.2) is 54.0 Å². The largest absolute Gasteiger partial charge is 0.489 e. The van der Waals surface area contributed by atoms with E-state index in [4.69, 9.17) is 14.9 Å². The number of nitrogens with zero attached hydrogens (tertiary/aromatic N) is 2. The van der Waals surface area contributed by atoms with Crippen LogP contribution in [0.1, 0.15) is 49.0 Å². The molecule has 1 aromatic heterocycles. The Morgan fingerprint density at radius 2 is 2.12 bits per heavy atom. The third-order valence-electron chi connectivity index (χ3n) is 5.37. The smallest absolute Gasteiger partial charge is 0.387 e. The fourth-order valence-corrected chi connectivity index (χ4v) is 3.60. The number of alkyl halides is 2. The van der Waals surface area contributed by atoms with Gasteiger partial charge < -0.3 is 29.8 Å². The molecule has 2 aromatic rings. The molecule has 1 saturated carbocycles. The number of nitrogens with one attached hydrogen (secondary N) is 1. The van der Waals surface area contributed by atoms with E-state index < -0.39 is 18.6 Å². The molecule has 1 saturated heterocycles. The van der Waals surface area contributed by atoms with Crippen LogP contribution < -0.4 is 20.5 Å². The Morgan fingerprint density at radius 3 is 2.76 bits per heavy atom. The van der Waals surface area contributed by atoms with Crippen LogP contribution in [0, 0.1) is 5.92 Å². The molecule has 9 nitrogen and oxygen atoms in total. The lowest BCUT2D eigenvalue weighted by atomic mass is 10.1. The number of rotatable bonds is 8. The number of ether oxygens (including phenoxy) is 2. The molecule has 1 aromatic carbocycles. The van der Waals surface area contributed by atoms with Gasteiger partial charge in [0, 0.05) is 18.2 Å². The molecule has 2 amide bonds. The highest BCUT2D eigenvalue weighted by atomic mass is 19.3. The standard InChI is InChI=1S/C22H26F2N4O5/c1-11-8-28(9-17(29)26-11)21(30)18-19(12(2)25)33-20(27-18)14-5-6-15(32-22(23)24)16(7-14)31-10-13-3-4-13/h5-7,11-13,22H,3-4,8-10,25H2,1-2H3,(H,26,29)/t11?,12-/m0/s1. The van der Waals surface area contributed by atoms with Crippen LogP contribution in [-0.2, 0) is 4.79 Å². The zero-order chi connectivity index (χ0) is 23.7. The number of oxazole rings is 1. The van der Waals surface area contributed by atoms with Gasteiger partial charge in [-0.15, -0.1) is 0 Å². The van der Waals surface area contributed by atoms with Crippen molar-refractivity contribution < 1.29 is 32.3 Å². The molecule has 0 bridgehead atoms. The van der Waals surface area contributed by atoms with Crippen molar-refractivity contribution in [1.29, 1.82) is 0 Å². The van der Waals surface area contributed by atoms with Gasteiger partial charge in [0.25, 0.3) is 5.91 Å². The predicted molar refractivity (Wildman–Crippen MR) is 113 cm³/mol. The summed E-state index contributed by atoms with van der Waals surface area (Å²) in [6, 6.07) is 3.48. The second-order valence-electron chi connectivity index (χ2n) is 8.47. The summed E-state index contributed by atoms with van der Waals surface area (Å²) in [6.45, 7) is 1.06. The van der Waals surface area contributed by atoms with E-state index in [1.54, 1.807) is 13.8 Å². The fraction of sp³-hybridized carbons (Fsp3) is 0.500. The monoisotopic (exact) mass is 464 g/mol. The van der Waals surface area contributed by atoms with Crippen LogP contribution in [0.5, 0.6) is 11.5 Å². The summed E-state index contributed by atoms with van der Waals surface area (Å²) in [5.74, 6) is -0.0513. The van der Waals surface area contributed by atoms with E-state index in [1.807, 2.05) is 0 Å². The topological polar surface area (TPSA) is 120 Å². The summed E-state index contributed by atoms with van der Waals surface area (Å²) in [6.07, 6.45) is 2.06. The lowest BCUT2D eigenvalue weighted by molar-refractivity contribution is -0.124. The summed E-state index contributed by atoms with van der Waals surface area (Å²) >= 11 is 0. The van der Waals surface area contributed by atoms with Crippen LogP contribution in [0.3, 0.4) is 0 Å². The molecular weight excluding hydrogens is 438 g/mol. The van der Waals surface area contributed by atoms with E-state index in [0.29, 0.717) is 24.6 Å². The van der Waals surface area contributed by atoms with Crippen molar-refractivity contribution >= 4 is 11.8 Å². The molecule has 4 rings (SSSR count). The quantitative estimate of drug-likeness (QED) is 0.616. The van der Waals surface area contributed by atoms with Gasteiger partial charge in [-0.1, -0.05) is 0 Å². The van der Waals surface area contributed by atoms with Gasteiger partial charge in [-0.3, -0.25) is 9.59 Å². The van der Waals surface area contributed by atoms with Gasteiger partial charge in [0.2, 0.25) is 11.8 Å². The van der Waals surface area contributed by atoms with Crippen molar-refractivity contribution in [2.24, 2.45) is 11.7 Å². The number of carbonyl (C=O) groups is 2. The lowest BCUT2D eigenvalue weighted by Crippen LogP contribution is -2.54. The van der Waals surface area contributed by atoms with Crippen molar-refractivity contribution in [2.75, 3.05) is 19.7 Å². The lowest BCUT2D eigenvalue weighted by Gasteiger charge is -2.30. The molecule has 0 spiro atoms. The first-order valence-corrected chi connectivity index (χ1v) is 10.8. The maximum absolute atomic E-state index is 13.1. The van der Waals surface area contributed by atoms with E-state index in [-0.39, 0.29) is 47.3 Å². The average molecular weight is 464 g/mol. The van der Waals surface area contributed by atoms with E-state index in [2.05, 4.69) is 15.0 Å². The molecular formula is C22H26F2N4O5. The average Bonchev–Trinajstić information content (AvgIpc) is 3.46. The molecule has 3 N–H and O–H groups in total. The Hall–Kier alpha value is -3.21. The Balaban J connectivity index is 1.65. The molecule has 1 aliphatic heterocycles. The summed E-state index contributed by atoms with van der Waals surface area (Å²) in [5.41, 5.74) is 6.43. The van der Waals surface area contributed by atoms with Crippen molar-refractivity contribution in [3.05, 3.63) is 29.7 Å². The maximum atomic E-state index is 13.1. The molecule has 11 heteroatoms. The van der Waals surface area contributed by atoms with Gasteiger partial charge in [-0.2, -0.15) is 8.78 Å². The second-order valence-corrected chi connectivity index (χ2v) is 8.47. The summed E-state index contributed by atoms with van der Waals surface area (Å²) in [5, 5.41) is 2.75. The first-order valence-electron chi connectivity index (χ1n) is 10.8. The molecule has 2 atom stereocenters. The van der Waals surface area contributed by atoms with Crippen molar-refractivity contribution in [3.8, 4) is 23.0 Å². The number of benzene rings is 1. The third-order valence-corrected chi connectivity index (χ3v) is 5.37. The molecule has 178 valence electrons. The number of carbonyl (C=O) groups excluding carboxylic acids is 2. The van der Waals surface area contributed by atoms with Gasteiger partial charge >= 0.3 is 6.61 Å². The van der Waals surface area contributed by atoms with E-state index in [0.717, 1.165) is 12.8 Å². The first kappa shape index (κ1) is 23.0. The maximum Gasteiger partial charge on any atom is 0.387 e. The van der Waals surface area contributed by atoms with E-state index >= 15 is 0 Å². The van der Waals surface area contributed by atoms with Crippen molar-refractivity contribution in [1.82, 2.24) is 15.2 Å². The van der Waals surface area contributed by atoms with E-state index in [9.17, 15) is 18.4 Å². The number of hydrogen-bond acceptors (Lipinski definition) is 7. The third kappa shape index (κ3) is 5.41. The minimum absolute atomic E-state index is 0.00950. The summed E-state index contributed by atoms with van der Waals surface area (Å²) < 4.78 is 41.7. The zero-order valence-corrected chi connectivity index (χ0v) is 18.3. The van der Waals surface area contributed by atoms with Gasteiger partial charge in [0.05, 0.1) is 19.2 Å². The van der Waals surface area contributed by atoms with Gasteiger partial charge in [0.1, 0.15) is 0 Å². The van der Waals surface area contributed by atoms with Crippen LogP contribution in [0.15, 0.2) is 22.6 Å². The Bertz CT molecular complexity index is 1040. The Labute approximate surface area is 189 Å². The molecule has 2 aliphatic rings. The molecule has 1 aliphatic carbocycles. The number of hydrogen-bond donors (Lipinski definition) is 2. The van der Waals surface area contributed by atoms with Gasteiger partial charge in [-0.05, 0) is 50.8 Å². The molecule has 0 radical (unpaired) electrons. The Morgan fingerprint density at radius 1 is 1.36 bits per heavy atom.